The molecule has 3 N–H and O–H groups in total. The standard InChI is InChI=1S/C19H15ClN4O/c1-11-2-4-12(5-3-11)16-17(13-6-7-15(25)14(20)10-13)24-9-8-22-19(24)18(21)23-16/h2-10,25H,1H3,(H2,21,23). The summed E-state index contributed by atoms with van der Waals surface area (Å²) in [6, 6.07) is 13.1. The fraction of sp³-hybridized carbons (Fsp3) is 0.0526. The molecule has 0 radical (unpaired) electrons. The van der Waals surface area contributed by atoms with E-state index >= 15 is 0 Å². The molecular formula is C19H15ClN4O. The van der Waals surface area contributed by atoms with Gasteiger partial charge in [0.15, 0.2) is 11.5 Å². The molecule has 0 unspecified atom stereocenters. The molecule has 4 aromatic rings. The minimum absolute atomic E-state index is 0.0348. The van der Waals surface area contributed by atoms with Crippen molar-refractivity contribution in [2.24, 2.45) is 0 Å². The molecule has 0 bridgehead atoms. The molecule has 0 aliphatic heterocycles. The summed E-state index contributed by atoms with van der Waals surface area (Å²) in [4.78, 5) is 8.88. The van der Waals surface area contributed by atoms with Gasteiger partial charge in [-0.15, -0.1) is 0 Å². The molecule has 124 valence electrons. The number of rotatable bonds is 2. The minimum Gasteiger partial charge on any atom is -0.506 e. The lowest BCUT2D eigenvalue weighted by molar-refractivity contribution is 0.475. The van der Waals surface area contributed by atoms with Crippen molar-refractivity contribution in [3.63, 3.8) is 0 Å². The number of imidazole rings is 1. The average molecular weight is 351 g/mol. The molecule has 0 saturated carbocycles. The Balaban J connectivity index is 2.07. The normalized spacial score (nSPS) is 11.1. The molecule has 0 aliphatic rings. The maximum Gasteiger partial charge on any atom is 0.180 e. The van der Waals surface area contributed by atoms with Crippen LogP contribution in [-0.2, 0) is 0 Å². The van der Waals surface area contributed by atoms with Crippen LogP contribution in [0.15, 0.2) is 54.9 Å². The van der Waals surface area contributed by atoms with Gasteiger partial charge in [-0.3, -0.25) is 4.40 Å². The summed E-state index contributed by atoms with van der Waals surface area (Å²) in [6.07, 6.45) is 3.51. The first kappa shape index (κ1) is 15.5. The number of benzene rings is 2. The molecule has 0 saturated heterocycles. The number of aromatic nitrogens is 3. The maximum absolute atomic E-state index is 9.74. The van der Waals surface area contributed by atoms with Crippen LogP contribution in [0.3, 0.4) is 0 Å². The van der Waals surface area contributed by atoms with E-state index in [0.717, 1.165) is 28.1 Å². The first-order chi connectivity index (χ1) is 12.0. The highest BCUT2D eigenvalue weighted by atomic mass is 35.5. The summed E-state index contributed by atoms with van der Waals surface area (Å²) in [5, 5.41) is 10.0. The number of phenols is 1. The Labute approximate surface area is 149 Å². The number of nitrogens with two attached hydrogens (primary N) is 1. The van der Waals surface area contributed by atoms with E-state index in [1.165, 1.54) is 0 Å². The molecule has 0 amide bonds. The average Bonchev–Trinajstić information content (AvgIpc) is 3.08. The Bertz CT molecular complexity index is 1090. The first-order valence-corrected chi connectivity index (χ1v) is 8.11. The van der Waals surface area contributed by atoms with E-state index in [0.29, 0.717) is 11.5 Å². The number of anilines is 1. The van der Waals surface area contributed by atoms with Crippen molar-refractivity contribution in [1.29, 1.82) is 0 Å². The lowest BCUT2D eigenvalue weighted by Crippen LogP contribution is -2.03. The van der Waals surface area contributed by atoms with Crippen molar-refractivity contribution in [3.8, 4) is 28.3 Å². The molecule has 2 heterocycles. The predicted molar refractivity (Wildman–Crippen MR) is 99.7 cm³/mol. The highest BCUT2D eigenvalue weighted by Crippen LogP contribution is 2.36. The lowest BCUT2D eigenvalue weighted by Gasteiger charge is -2.14. The Morgan fingerprint density at radius 1 is 1.08 bits per heavy atom. The van der Waals surface area contributed by atoms with Gasteiger partial charge in [0.2, 0.25) is 0 Å². The van der Waals surface area contributed by atoms with Gasteiger partial charge in [-0.1, -0.05) is 41.4 Å². The molecule has 25 heavy (non-hydrogen) atoms. The number of nitrogens with zero attached hydrogens (tertiary/aromatic N) is 3. The summed E-state index contributed by atoms with van der Waals surface area (Å²) in [7, 11) is 0. The second-order valence-corrected chi connectivity index (χ2v) is 6.25. The third kappa shape index (κ3) is 2.58. The van der Waals surface area contributed by atoms with Gasteiger partial charge in [0.1, 0.15) is 5.75 Å². The van der Waals surface area contributed by atoms with Crippen LogP contribution in [0.4, 0.5) is 5.82 Å². The number of fused-ring (bicyclic) bond motifs is 1. The summed E-state index contributed by atoms with van der Waals surface area (Å²) >= 11 is 6.12. The van der Waals surface area contributed by atoms with Crippen LogP contribution in [0.25, 0.3) is 28.2 Å². The van der Waals surface area contributed by atoms with Gasteiger partial charge in [0.05, 0.1) is 16.4 Å². The monoisotopic (exact) mass is 350 g/mol. The van der Waals surface area contributed by atoms with Crippen molar-refractivity contribution < 1.29 is 5.11 Å². The summed E-state index contributed by atoms with van der Waals surface area (Å²) in [5.74, 6) is 0.391. The topological polar surface area (TPSA) is 76.4 Å². The highest BCUT2D eigenvalue weighted by molar-refractivity contribution is 6.32. The number of hydrogen-bond acceptors (Lipinski definition) is 4. The Morgan fingerprint density at radius 2 is 1.80 bits per heavy atom. The minimum atomic E-state index is 0.0348. The largest absolute Gasteiger partial charge is 0.506 e. The molecule has 2 aromatic carbocycles. The molecule has 0 fully saturated rings. The Hall–Kier alpha value is -3.05. The smallest absolute Gasteiger partial charge is 0.180 e. The van der Waals surface area contributed by atoms with Gasteiger partial charge in [-0.25, -0.2) is 9.97 Å². The van der Waals surface area contributed by atoms with Gasteiger partial charge in [0, 0.05) is 23.5 Å². The number of aryl methyl sites for hydroxylation is 1. The van der Waals surface area contributed by atoms with Gasteiger partial charge in [0.25, 0.3) is 0 Å². The second kappa shape index (κ2) is 5.79. The van der Waals surface area contributed by atoms with Crippen molar-refractivity contribution >= 4 is 23.1 Å². The molecule has 6 heteroatoms. The zero-order valence-electron chi connectivity index (χ0n) is 13.4. The molecule has 0 atom stereocenters. The Kier molecular flexibility index (Phi) is 3.58. The highest BCUT2D eigenvalue weighted by Gasteiger charge is 2.17. The van der Waals surface area contributed by atoms with Gasteiger partial charge in [-0.2, -0.15) is 0 Å². The number of nitrogen functional groups attached to an aromatic ring is 1. The van der Waals surface area contributed by atoms with Gasteiger partial charge < -0.3 is 10.8 Å². The van der Waals surface area contributed by atoms with E-state index in [9.17, 15) is 5.11 Å². The molecule has 4 rings (SSSR count). The molecule has 2 aromatic heterocycles. The number of aromatic hydroxyl groups is 1. The maximum atomic E-state index is 9.74. The zero-order valence-corrected chi connectivity index (χ0v) is 14.2. The predicted octanol–water partition coefficient (Wildman–Crippen LogP) is 4.31. The van der Waals surface area contributed by atoms with Crippen LogP contribution in [0.2, 0.25) is 5.02 Å². The molecular weight excluding hydrogens is 336 g/mol. The van der Waals surface area contributed by atoms with E-state index in [2.05, 4.69) is 9.97 Å². The number of phenolic OH excluding ortho intramolecular Hbond substituents is 1. The van der Waals surface area contributed by atoms with Crippen molar-refractivity contribution in [1.82, 2.24) is 14.4 Å². The van der Waals surface area contributed by atoms with Crippen molar-refractivity contribution in [2.75, 3.05) is 5.73 Å². The Morgan fingerprint density at radius 3 is 2.52 bits per heavy atom. The van der Waals surface area contributed by atoms with E-state index in [1.54, 1.807) is 24.4 Å². The van der Waals surface area contributed by atoms with Crippen LogP contribution in [0.1, 0.15) is 5.56 Å². The van der Waals surface area contributed by atoms with Crippen LogP contribution < -0.4 is 5.73 Å². The van der Waals surface area contributed by atoms with Gasteiger partial charge in [-0.05, 0) is 25.1 Å². The third-order valence-electron chi connectivity index (χ3n) is 4.11. The van der Waals surface area contributed by atoms with E-state index in [1.807, 2.05) is 41.8 Å². The number of halogens is 1. The van der Waals surface area contributed by atoms with Crippen molar-refractivity contribution in [3.05, 3.63) is 65.4 Å². The third-order valence-corrected chi connectivity index (χ3v) is 4.42. The fourth-order valence-electron chi connectivity index (χ4n) is 2.85. The molecule has 0 aliphatic carbocycles. The summed E-state index contributed by atoms with van der Waals surface area (Å²) in [5.41, 5.74) is 11.1. The summed E-state index contributed by atoms with van der Waals surface area (Å²) < 4.78 is 1.89. The van der Waals surface area contributed by atoms with Crippen LogP contribution in [-0.4, -0.2) is 19.5 Å². The first-order valence-electron chi connectivity index (χ1n) is 7.73. The fourth-order valence-corrected chi connectivity index (χ4v) is 3.03. The molecule has 0 spiro atoms. The quantitative estimate of drug-likeness (QED) is 0.564. The van der Waals surface area contributed by atoms with Crippen LogP contribution >= 0.6 is 11.6 Å². The van der Waals surface area contributed by atoms with E-state index in [4.69, 9.17) is 17.3 Å². The van der Waals surface area contributed by atoms with E-state index < -0.39 is 0 Å². The van der Waals surface area contributed by atoms with E-state index in [-0.39, 0.29) is 10.8 Å². The van der Waals surface area contributed by atoms with Gasteiger partial charge >= 0.3 is 0 Å². The van der Waals surface area contributed by atoms with Crippen molar-refractivity contribution in [2.45, 2.75) is 6.92 Å². The summed E-state index contributed by atoms with van der Waals surface area (Å²) in [6.45, 7) is 2.03. The molecule has 5 nitrogen and oxygen atoms in total. The second-order valence-electron chi connectivity index (χ2n) is 5.85. The zero-order chi connectivity index (χ0) is 17.6. The lowest BCUT2D eigenvalue weighted by atomic mass is 10.0. The SMILES string of the molecule is Cc1ccc(-c2nc(N)c3nccn3c2-c2ccc(O)c(Cl)c2)cc1. The van der Waals surface area contributed by atoms with Crippen LogP contribution in [0, 0.1) is 6.92 Å². The number of hydrogen-bond donors (Lipinski definition) is 2. The van der Waals surface area contributed by atoms with Crippen LogP contribution in [0.5, 0.6) is 5.75 Å².